The number of aromatic nitrogens is 2. The van der Waals surface area contributed by atoms with Crippen LogP contribution in [-0.2, 0) is 6.42 Å². The first-order valence-electron chi connectivity index (χ1n) is 4.60. The average Bonchev–Trinajstić information content (AvgIpc) is 2.34. The van der Waals surface area contributed by atoms with Crippen LogP contribution in [-0.4, -0.2) is 14.8 Å². The number of halogens is 1. The second-order valence-electron chi connectivity index (χ2n) is 4.60. The maximum absolute atomic E-state index is 4.20. The maximum Gasteiger partial charge on any atom is 0.107 e. The molecule has 0 aliphatic rings. The van der Waals surface area contributed by atoms with Gasteiger partial charge in [0, 0.05) is 23.6 Å². The van der Waals surface area contributed by atoms with Crippen LogP contribution in [0.5, 0.6) is 0 Å². The van der Waals surface area contributed by atoms with E-state index in [9.17, 15) is 0 Å². The summed E-state index contributed by atoms with van der Waals surface area (Å²) in [6.07, 6.45) is 5.80. The van der Waals surface area contributed by atoms with Gasteiger partial charge < -0.3 is 4.98 Å². The molecule has 74 valence electrons. The van der Waals surface area contributed by atoms with E-state index in [0.29, 0.717) is 10.2 Å². The van der Waals surface area contributed by atoms with Crippen LogP contribution in [0.3, 0.4) is 0 Å². The van der Waals surface area contributed by atoms with Crippen molar-refractivity contribution >= 4 is 15.9 Å². The molecule has 0 saturated carbocycles. The zero-order chi connectivity index (χ0) is 9.90. The lowest BCUT2D eigenvalue weighted by atomic mass is 9.90. The van der Waals surface area contributed by atoms with Gasteiger partial charge in [-0.25, -0.2) is 4.98 Å². The summed E-state index contributed by atoms with van der Waals surface area (Å²) in [6, 6.07) is 0. The van der Waals surface area contributed by atoms with E-state index in [1.807, 2.05) is 6.20 Å². The molecule has 1 atom stereocenters. The van der Waals surface area contributed by atoms with E-state index in [-0.39, 0.29) is 0 Å². The van der Waals surface area contributed by atoms with Gasteiger partial charge in [0.2, 0.25) is 0 Å². The monoisotopic (exact) mass is 244 g/mol. The first-order valence-corrected chi connectivity index (χ1v) is 5.51. The number of nitrogens with one attached hydrogen (secondary N) is 1. The van der Waals surface area contributed by atoms with Gasteiger partial charge in [0.1, 0.15) is 5.82 Å². The van der Waals surface area contributed by atoms with Crippen molar-refractivity contribution in [3.05, 3.63) is 18.2 Å². The van der Waals surface area contributed by atoms with Crippen LogP contribution in [0.25, 0.3) is 0 Å². The minimum Gasteiger partial charge on any atom is -0.349 e. The Morgan fingerprint density at radius 3 is 2.69 bits per heavy atom. The van der Waals surface area contributed by atoms with E-state index >= 15 is 0 Å². The molecule has 0 aliphatic carbocycles. The Morgan fingerprint density at radius 2 is 2.23 bits per heavy atom. The minimum atomic E-state index is 0.376. The Kier molecular flexibility index (Phi) is 3.54. The highest BCUT2D eigenvalue weighted by atomic mass is 79.9. The predicted molar refractivity (Wildman–Crippen MR) is 59.1 cm³/mol. The summed E-state index contributed by atoms with van der Waals surface area (Å²) in [7, 11) is 0. The van der Waals surface area contributed by atoms with Gasteiger partial charge in [-0.15, -0.1) is 0 Å². The molecule has 2 nitrogen and oxygen atoms in total. The maximum atomic E-state index is 4.20. The van der Waals surface area contributed by atoms with Crippen molar-refractivity contribution in [1.82, 2.24) is 9.97 Å². The third-order valence-corrected chi connectivity index (χ3v) is 2.45. The number of hydrogen-bond donors (Lipinski definition) is 1. The van der Waals surface area contributed by atoms with Crippen LogP contribution < -0.4 is 0 Å². The van der Waals surface area contributed by atoms with Gasteiger partial charge in [-0.05, 0) is 11.8 Å². The molecule has 1 aromatic heterocycles. The molecule has 13 heavy (non-hydrogen) atoms. The standard InChI is InChI=1S/C10H17BrN2/c1-10(2,3)7-8(11)6-9-12-4-5-13-9/h4-5,8H,6-7H2,1-3H3,(H,12,13). The Morgan fingerprint density at radius 1 is 1.54 bits per heavy atom. The molecule has 0 bridgehead atoms. The van der Waals surface area contributed by atoms with E-state index in [1.54, 1.807) is 6.20 Å². The van der Waals surface area contributed by atoms with E-state index in [4.69, 9.17) is 0 Å². The topological polar surface area (TPSA) is 28.7 Å². The molecular formula is C10H17BrN2. The molecule has 1 aromatic rings. The van der Waals surface area contributed by atoms with Crippen LogP contribution in [0.2, 0.25) is 0 Å². The first kappa shape index (κ1) is 10.8. The van der Waals surface area contributed by atoms with Crippen molar-refractivity contribution in [3.63, 3.8) is 0 Å². The summed E-state index contributed by atoms with van der Waals surface area (Å²) in [5.74, 6) is 1.06. The Bertz CT molecular complexity index is 236. The molecule has 0 spiro atoms. The third kappa shape index (κ3) is 4.46. The summed E-state index contributed by atoms with van der Waals surface area (Å²) in [5.41, 5.74) is 0.376. The summed E-state index contributed by atoms with van der Waals surface area (Å²) in [5, 5.41) is 0. The number of H-pyrrole nitrogens is 1. The summed E-state index contributed by atoms with van der Waals surface area (Å²) in [6.45, 7) is 6.76. The van der Waals surface area contributed by atoms with Gasteiger partial charge in [-0.3, -0.25) is 0 Å². The van der Waals surface area contributed by atoms with Crippen LogP contribution in [0, 0.1) is 5.41 Å². The quantitative estimate of drug-likeness (QED) is 0.814. The van der Waals surface area contributed by atoms with Crippen molar-refractivity contribution < 1.29 is 0 Å². The summed E-state index contributed by atoms with van der Waals surface area (Å²) < 4.78 is 0. The highest BCUT2D eigenvalue weighted by Crippen LogP contribution is 2.25. The Labute approximate surface area is 88.3 Å². The molecule has 1 N–H and O–H groups in total. The van der Waals surface area contributed by atoms with Crippen molar-refractivity contribution in [2.24, 2.45) is 5.41 Å². The third-order valence-electron chi connectivity index (χ3n) is 1.80. The lowest BCUT2D eigenvalue weighted by molar-refractivity contribution is 0.372. The fourth-order valence-corrected chi connectivity index (χ4v) is 2.63. The van der Waals surface area contributed by atoms with Gasteiger partial charge in [-0.1, -0.05) is 36.7 Å². The van der Waals surface area contributed by atoms with Crippen LogP contribution in [0.15, 0.2) is 12.4 Å². The fourth-order valence-electron chi connectivity index (χ4n) is 1.36. The molecule has 1 unspecified atom stereocenters. The predicted octanol–water partition coefficient (Wildman–Crippen LogP) is 3.15. The molecule has 1 rings (SSSR count). The van der Waals surface area contributed by atoms with Gasteiger partial charge in [0.05, 0.1) is 0 Å². The lowest BCUT2D eigenvalue weighted by Gasteiger charge is -2.21. The molecule has 1 heterocycles. The number of aromatic amines is 1. The SMILES string of the molecule is CC(C)(C)CC(Br)Cc1ncc[nH]1. The Hall–Kier alpha value is -0.310. The Balaban J connectivity index is 2.38. The normalized spacial score (nSPS) is 14.5. The molecule has 0 saturated heterocycles. The fraction of sp³-hybridized carbons (Fsp3) is 0.700. The average molecular weight is 245 g/mol. The molecule has 0 radical (unpaired) electrons. The van der Waals surface area contributed by atoms with Crippen molar-refractivity contribution in [3.8, 4) is 0 Å². The highest BCUT2D eigenvalue weighted by Gasteiger charge is 2.17. The number of alkyl halides is 1. The van der Waals surface area contributed by atoms with Gasteiger partial charge in [-0.2, -0.15) is 0 Å². The molecule has 0 aromatic carbocycles. The first-order chi connectivity index (χ1) is 5.97. The lowest BCUT2D eigenvalue weighted by Crippen LogP contribution is -2.15. The smallest absolute Gasteiger partial charge is 0.107 e. The van der Waals surface area contributed by atoms with E-state index in [2.05, 4.69) is 46.7 Å². The highest BCUT2D eigenvalue weighted by molar-refractivity contribution is 9.09. The van der Waals surface area contributed by atoms with Crippen molar-refractivity contribution in [2.45, 2.75) is 38.4 Å². The number of nitrogens with zero attached hydrogens (tertiary/aromatic N) is 1. The van der Waals surface area contributed by atoms with Crippen molar-refractivity contribution in [1.29, 1.82) is 0 Å². The second-order valence-corrected chi connectivity index (χ2v) is 5.90. The van der Waals surface area contributed by atoms with Crippen LogP contribution in [0.4, 0.5) is 0 Å². The number of rotatable bonds is 3. The number of hydrogen-bond acceptors (Lipinski definition) is 1. The van der Waals surface area contributed by atoms with E-state index < -0.39 is 0 Å². The molecule has 0 fully saturated rings. The van der Waals surface area contributed by atoms with E-state index in [0.717, 1.165) is 18.7 Å². The van der Waals surface area contributed by atoms with Gasteiger partial charge in [0.25, 0.3) is 0 Å². The molecule has 3 heteroatoms. The van der Waals surface area contributed by atoms with Gasteiger partial charge in [0.15, 0.2) is 0 Å². The van der Waals surface area contributed by atoms with Crippen LogP contribution >= 0.6 is 15.9 Å². The molecule has 0 amide bonds. The zero-order valence-corrected chi connectivity index (χ0v) is 10.1. The summed E-state index contributed by atoms with van der Waals surface area (Å²) >= 11 is 3.68. The molecular weight excluding hydrogens is 228 g/mol. The zero-order valence-electron chi connectivity index (χ0n) is 8.47. The van der Waals surface area contributed by atoms with Crippen LogP contribution in [0.1, 0.15) is 33.0 Å². The van der Waals surface area contributed by atoms with Crippen molar-refractivity contribution in [2.75, 3.05) is 0 Å². The number of imidazole rings is 1. The van der Waals surface area contributed by atoms with E-state index in [1.165, 1.54) is 0 Å². The molecule has 0 aliphatic heterocycles. The van der Waals surface area contributed by atoms with Gasteiger partial charge >= 0.3 is 0 Å². The second kappa shape index (κ2) is 4.27. The minimum absolute atomic E-state index is 0.376. The summed E-state index contributed by atoms with van der Waals surface area (Å²) in [4.78, 5) is 7.83. The largest absolute Gasteiger partial charge is 0.349 e.